The van der Waals surface area contributed by atoms with Crippen LogP contribution in [0, 0.1) is 0 Å². The predicted molar refractivity (Wildman–Crippen MR) is 67.3 cm³/mol. The van der Waals surface area contributed by atoms with Crippen molar-refractivity contribution in [2.24, 2.45) is 0 Å². The van der Waals surface area contributed by atoms with Crippen molar-refractivity contribution in [2.75, 3.05) is 13.2 Å². The first kappa shape index (κ1) is 13.9. The first-order chi connectivity index (χ1) is 7.94. The fraction of sp³-hybridized carbons (Fsp3) is 0.500. The van der Waals surface area contributed by atoms with E-state index in [1.807, 2.05) is 20.8 Å². The summed E-state index contributed by atoms with van der Waals surface area (Å²) in [4.78, 5) is 15.6. The van der Waals surface area contributed by atoms with Crippen molar-refractivity contribution in [3.63, 3.8) is 0 Å². The van der Waals surface area contributed by atoms with Crippen LogP contribution in [0.3, 0.4) is 0 Å². The average Bonchev–Trinajstić information content (AvgIpc) is 2.26. The number of carbonyl (C=O) groups is 1. The summed E-state index contributed by atoms with van der Waals surface area (Å²) >= 11 is 5.71. The van der Waals surface area contributed by atoms with E-state index in [0.29, 0.717) is 23.9 Å². The van der Waals surface area contributed by atoms with E-state index in [0.717, 1.165) is 0 Å². The van der Waals surface area contributed by atoms with Gasteiger partial charge in [-0.3, -0.25) is 4.79 Å². The zero-order chi connectivity index (χ0) is 12.9. The standard InChI is InChI=1S/C12H17ClN2O2/c1-4-17-12(2,3)8-15-11(16)9-5-6-14-10(13)7-9/h5-7H,4,8H2,1-3H3,(H,15,16). The van der Waals surface area contributed by atoms with Crippen molar-refractivity contribution in [2.45, 2.75) is 26.4 Å². The van der Waals surface area contributed by atoms with Crippen LogP contribution in [-0.2, 0) is 4.74 Å². The van der Waals surface area contributed by atoms with E-state index in [4.69, 9.17) is 16.3 Å². The minimum atomic E-state index is -0.374. The summed E-state index contributed by atoms with van der Waals surface area (Å²) in [6, 6.07) is 3.15. The number of nitrogens with one attached hydrogen (secondary N) is 1. The second kappa shape index (κ2) is 5.98. The summed E-state index contributed by atoms with van der Waals surface area (Å²) in [7, 11) is 0. The van der Waals surface area contributed by atoms with Crippen LogP contribution in [-0.4, -0.2) is 29.6 Å². The molecule has 0 spiro atoms. The van der Waals surface area contributed by atoms with Crippen molar-refractivity contribution in [1.82, 2.24) is 10.3 Å². The second-order valence-electron chi connectivity index (χ2n) is 4.24. The molecule has 0 aliphatic carbocycles. The van der Waals surface area contributed by atoms with Gasteiger partial charge in [-0.25, -0.2) is 4.98 Å². The molecule has 5 heteroatoms. The van der Waals surface area contributed by atoms with Crippen molar-refractivity contribution < 1.29 is 9.53 Å². The lowest BCUT2D eigenvalue weighted by Gasteiger charge is -2.24. The van der Waals surface area contributed by atoms with Crippen LogP contribution in [0.4, 0.5) is 0 Å². The molecule has 1 rings (SSSR count). The zero-order valence-corrected chi connectivity index (χ0v) is 11.0. The Bertz CT molecular complexity index is 394. The third-order valence-corrected chi connectivity index (χ3v) is 2.41. The summed E-state index contributed by atoms with van der Waals surface area (Å²) in [6.07, 6.45) is 1.50. The van der Waals surface area contributed by atoms with Crippen LogP contribution < -0.4 is 5.32 Å². The van der Waals surface area contributed by atoms with Gasteiger partial charge in [-0.15, -0.1) is 0 Å². The lowest BCUT2D eigenvalue weighted by Crippen LogP contribution is -2.40. The summed E-state index contributed by atoms with van der Waals surface area (Å²) in [5.41, 5.74) is 0.124. The van der Waals surface area contributed by atoms with Crippen LogP contribution in [0.1, 0.15) is 31.1 Å². The predicted octanol–water partition coefficient (Wildman–Crippen LogP) is 2.28. The Morgan fingerprint density at radius 1 is 1.59 bits per heavy atom. The van der Waals surface area contributed by atoms with Crippen LogP contribution >= 0.6 is 11.6 Å². The molecule has 0 fully saturated rings. The summed E-state index contributed by atoms with van der Waals surface area (Å²) in [5, 5.41) is 3.11. The van der Waals surface area contributed by atoms with Crippen LogP contribution in [0.5, 0.6) is 0 Å². The van der Waals surface area contributed by atoms with E-state index in [9.17, 15) is 4.79 Å². The lowest BCUT2D eigenvalue weighted by molar-refractivity contribution is -0.00815. The maximum absolute atomic E-state index is 11.8. The van der Waals surface area contributed by atoms with E-state index < -0.39 is 0 Å². The minimum Gasteiger partial charge on any atom is -0.374 e. The quantitative estimate of drug-likeness (QED) is 0.823. The average molecular weight is 257 g/mol. The van der Waals surface area contributed by atoms with E-state index in [1.54, 1.807) is 6.07 Å². The molecule has 0 aromatic carbocycles. The molecule has 0 atom stereocenters. The number of amides is 1. The molecular weight excluding hydrogens is 240 g/mol. The molecule has 0 radical (unpaired) electrons. The number of aromatic nitrogens is 1. The smallest absolute Gasteiger partial charge is 0.251 e. The fourth-order valence-corrected chi connectivity index (χ4v) is 1.55. The monoisotopic (exact) mass is 256 g/mol. The van der Waals surface area contributed by atoms with E-state index in [-0.39, 0.29) is 11.5 Å². The highest BCUT2D eigenvalue weighted by molar-refractivity contribution is 6.29. The normalized spacial score (nSPS) is 11.3. The molecule has 0 bridgehead atoms. The minimum absolute atomic E-state index is 0.179. The van der Waals surface area contributed by atoms with Gasteiger partial charge in [0.25, 0.3) is 5.91 Å². The van der Waals surface area contributed by atoms with Crippen LogP contribution in [0.15, 0.2) is 18.3 Å². The molecule has 1 aromatic rings. The molecule has 1 aromatic heterocycles. The van der Waals surface area contributed by atoms with Crippen molar-refractivity contribution in [3.8, 4) is 0 Å². The SMILES string of the molecule is CCOC(C)(C)CNC(=O)c1ccnc(Cl)c1. The van der Waals surface area contributed by atoms with Gasteiger partial charge >= 0.3 is 0 Å². The number of pyridine rings is 1. The highest BCUT2D eigenvalue weighted by atomic mass is 35.5. The number of halogens is 1. The Kier molecular flexibility index (Phi) is 4.90. The van der Waals surface area contributed by atoms with Gasteiger partial charge in [-0.2, -0.15) is 0 Å². The molecule has 0 aliphatic heterocycles. The molecule has 0 aliphatic rings. The lowest BCUT2D eigenvalue weighted by atomic mass is 10.1. The Morgan fingerprint density at radius 3 is 2.88 bits per heavy atom. The zero-order valence-electron chi connectivity index (χ0n) is 10.3. The number of carbonyl (C=O) groups excluding carboxylic acids is 1. The number of nitrogens with zero attached hydrogens (tertiary/aromatic N) is 1. The third kappa shape index (κ3) is 4.71. The largest absolute Gasteiger partial charge is 0.374 e. The summed E-state index contributed by atoms with van der Waals surface area (Å²) in [5.74, 6) is -0.179. The maximum atomic E-state index is 11.8. The highest BCUT2D eigenvalue weighted by Crippen LogP contribution is 2.09. The van der Waals surface area contributed by atoms with Gasteiger partial charge < -0.3 is 10.1 Å². The maximum Gasteiger partial charge on any atom is 0.251 e. The summed E-state index contributed by atoms with van der Waals surface area (Å²) in [6.45, 7) is 6.84. The Hall–Kier alpha value is -1.13. The van der Waals surface area contributed by atoms with E-state index >= 15 is 0 Å². The first-order valence-corrected chi connectivity index (χ1v) is 5.86. The molecule has 0 saturated carbocycles. The van der Waals surface area contributed by atoms with Crippen molar-refractivity contribution in [1.29, 1.82) is 0 Å². The number of rotatable bonds is 5. The van der Waals surface area contributed by atoms with Gasteiger partial charge in [-0.05, 0) is 32.9 Å². The van der Waals surface area contributed by atoms with Gasteiger partial charge in [0.15, 0.2) is 0 Å². The Morgan fingerprint density at radius 2 is 2.29 bits per heavy atom. The number of ether oxygens (including phenoxy) is 1. The van der Waals surface area contributed by atoms with E-state index in [2.05, 4.69) is 10.3 Å². The third-order valence-electron chi connectivity index (χ3n) is 2.20. The van der Waals surface area contributed by atoms with E-state index in [1.165, 1.54) is 12.3 Å². The fourth-order valence-electron chi connectivity index (χ4n) is 1.38. The Labute approximate surface area is 106 Å². The molecule has 17 heavy (non-hydrogen) atoms. The second-order valence-corrected chi connectivity index (χ2v) is 4.63. The van der Waals surface area contributed by atoms with Gasteiger partial charge in [0, 0.05) is 24.9 Å². The van der Waals surface area contributed by atoms with Crippen molar-refractivity contribution in [3.05, 3.63) is 29.0 Å². The van der Waals surface area contributed by atoms with Gasteiger partial charge in [0.2, 0.25) is 0 Å². The van der Waals surface area contributed by atoms with Gasteiger partial charge in [-0.1, -0.05) is 11.6 Å². The highest BCUT2D eigenvalue weighted by Gasteiger charge is 2.19. The van der Waals surface area contributed by atoms with Crippen LogP contribution in [0.2, 0.25) is 5.15 Å². The molecule has 1 amide bonds. The van der Waals surface area contributed by atoms with Crippen molar-refractivity contribution >= 4 is 17.5 Å². The topological polar surface area (TPSA) is 51.2 Å². The van der Waals surface area contributed by atoms with Crippen LogP contribution in [0.25, 0.3) is 0 Å². The number of hydrogen-bond donors (Lipinski definition) is 1. The molecule has 0 unspecified atom stereocenters. The molecule has 1 N–H and O–H groups in total. The van der Waals surface area contributed by atoms with Gasteiger partial charge in [0.1, 0.15) is 5.15 Å². The Balaban J connectivity index is 2.56. The molecule has 94 valence electrons. The summed E-state index contributed by atoms with van der Waals surface area (Å²) < 4.78 is 5.49. The molecule has 1 heterocycles. The first-order valence-electron chi connectivity index (χ1n) is 5.48. The molecule has 4 nitrogen and oxygen atoms in total. The molecular formula is C12H17ClN2O2. The number of hydrogen-bond acceptors (Lipinski definition) is 3. The molecule has 0 saturated heterocycles. The van der Waals surface area contributed by atoms with Gasteiger partial charge in [0.05, 0.1) is 5.60 Å².